The summed E-state index contributed by atoms with van der Waals surface area (Å²) >= 11 is 6.10. The molecule has 1 aromatic carbocycles. The van der Waals surface area contributed by atoms with Crippen LogP contribution in [0.3, 0.4) is 0 Å². The van der Waals surface area contributed by atoms with Crippen molar-refractivity contribution >= 4 is 11.6 Å². The number of hydrogen-bond acceptors (Lipinski definition) is 4. The normalized spacial score (nSPS) is 10.6. The number of benzene rings is 1. The highest BCUT2D eigenvalue weighted by atomic mass is 35.5. The van der Waals surface area contributed by atoms with Gasteiger partial charge in [-0.25, -0.2) is 0 Å². The minimum atomic E-state index is 0.593. The van der Waals surface area contributed by atoms with Crippen LogP contribution in [-0.4, -0.2) is 33.5 Å². The Bertz CT molecular complexity index is 399. The lowest BCUT2D eigenvalue weighted by molar-refractivity contribution is 0.144. The first-order valence-electron chi connectivity index (χ1n) is 7.00. The molecule has 0 aliphatic rings. The van der Waals surface area contributed by atoms with Gasteiger partial charge in [-0.2, -0.15) is 0 Å². The van der Waals surface area contributed by atoms with Crippen molar-refractivity contribution < 1.29 is 14.2 Å². The molecule has 0 aliphatic carbocycles. The molecule has 1 aromatic rings. The van der Waals surface area contributed by atoms with E-state index < -0.39 is 0 Å². The fourth-order valence-corrected chi connectivity index (χ4v) is 2.11. The summed E-state index contributed by atoms with van der Waals surface area (Å²) in [6, 6.07) is 3.68. The van der Waals surface area contributed by atoms with Crippen molar-refractivity contribution in [3.8, 4) is 11.5 Å². The maximum absolute atomic E-state index is 6.10. The van der Waals surface area contributed by atoms with Crippen molar-refractivity contribution in [2.24, 2.45) is 0 Å². The van der Waals surface area contributed by atoms with Crippen LogP contribution in [0.4, 0.5) is 0 Å². The van der Waals surface area contributed by atoms with E-state index in [-0.39, 0.29) is 0 Å². The summed E-state index contributed by atoms with van der Waals surface area (Å²) in [5.41, 5.74) is 1.01. The zero-order valence-electron chi connectivity index (χ0n) is 12.5. The van der Waals surface area contributed by atoms with E-state index in [1.165, 1.54) is 0 Å². The maximum atomic E-state index is 6.10. The molecule has 20 heavy (non-hydrogen) atoms. The molecular formula is C15H24ClNO3. The molecule has 1 N–H and O–H groups in total. The van der Waals surface area contributed by atoms with E-state index in [0.29, 0.717) is 23.9 Å². The van der Waals surface area contributed by atoms with Crippen LogP contribution >= 0.6 is 11.6 Å². The fraction of sp³-hybridized carbons (Fsp3) is 0.600. The lowest BCUT2D eigenvalue weighted by atomic mass is 10.1. The van der Waals surface area contributed by atoms with Gasteiger partial charge in [-0.15, -0.1) is 0 Å². The largest absolute Gasteiger partial charge is 0.493 e. The molecule has 0 bridgehead atoms. The van der Waals surface area contributed by atoms with Crippen LogP contribution in [-0.2, 0) is 11.3 Å². The molecule has 1 rings (SSSR count). The summed E-state index contributed by atoms with van der Waals surface area (Å²) < 4.78 is 16.3. The molecule has 0 fully saturated rings. The van der Waals surface area contributed by atoms with Crippen LogP contribution in [0, 0.1) is 0 Å². The van der Waals surface area contributed by atoms with Crippen molar-refractivity contribution in [2.45, 2.75) is 26.8 Å². The molecule has 0 radical (unpaired) electrons. The van der Waals surface area contributed by atoms with Crippen LogP contribution in [0.15, 0.2) is 12.1 Å². The third kappa shape index (κ3) is 5.57. The number of halogens is 1. The van der Waals surface area contributed by atoms with Crippen molar-refractivity contribution in [1.29, 1.82) is 0 Å². The highest BCUT2D eigenvalue weighted by Gasteiger charge is 2.12. The maximum Gasteiger partial charge on any atom is 0.165 e. The van der Waals surface area contributed by atoms with Crippen molar-refractivity contribution in [2.75, 3.05) is 33.5 Å². The molecule has 114 valence electrons. The molecule has 0 aromatic heterocycles. The van der Waals surface area contributed by atoms with Gasteiger partial charge in [-0.3, -0.25) is 0 Å². The van der Waals surface area contributed by atoms with Crippen LogP contribution in [0.5, 0.6) is 11.5 Å². The Labute approximate surface area is 126 Å². The number of nitrogens with one attached hydrogen (secondary N) is 1. The molecule has 0 saturated carbocycles. The topological polar surface area (TPSA) is 39.7 Å². The monoisotopic (exact) mass is 301 g/mol. The summed E-state index contributed by atoms with van der Waals surface area (Å²) in [5.74, 6) is 1.43. The number of ether oxygens (including phenoxy) is 3. The van der Waals surface area contributed by atoms with Gasteiger partial charge in [0.25, 0.3) is 0 Å². The predicted octanol–water partition coefficient (Wildman–Crippen LogP) is 3.26. The van der Waals surface area contributed by atoms with Gasteiger partial charge in [0, 0.05) is 36.4 Å². The van der Waals surface area contributed by atoms with E-state index >= 15 is 0 Å². The summed E-state index contributed by atoms with van der Waals surface area (Å²) in [7, 11) is 1.62. The Morgan fingerprint density at radius 1 is 1.20 bits per heavy atom. The number of rotatable bonds is 10. The molecule has 0 heterocycles. The van der Waals surface area contributed by atoms with Gasteiger partial charge < -0.3 is 19.5 Å². The molecule has 0 aliphatic heterocycles. The molecule has 0 saturated heterocycles. The van der Waals surface area contributed by atoms with Gasteiger partial charge in [0.15, 0.2) is 11.5 Å². The van der Waals surface area contributed by atoms with Crippen LogP contribution in [0.25, 0.3) is 0 Å². The van der Waals surface area contributed by atoms with Gasteiger partial charge in [0.1, 0.15) is 0 Å². The van der Waals surface area contributed by atoms with Gasteiger partial charge >= 0.3 is 0 Å². The summed E-state index contributed by atoms with van der Waals surface area (Å²) in [5, 5.41) is 4.01. The van der Waals surface area contributed by atoms with Gasteiger partial charge in [0.05, 0.1) is 13.7 Å². The smallest absolute Gasteiger partial charge is 0.165 e. The zero-order chi connectivity index (χ0) is 14.8. The highest BCUT2D eigenvalue weighted by molar-refractivity contribution is 6.30. The Kier molecular flexibility index (Phi) is 8.42. The average Bonchev–Trinajstić information content (AvgIpc) is 2.45. The zero-order valence-corrected chi connectivity index (χ0v) is 13.3. The van der Waals surface area contributed by atoms with Gasteiger partial charge in [0.2, 0.25) is 0 Å². The number of methoxy groups -OCH3 is 1. The quantitative estimate of drug-likeness (QED) is 0.673. The highest BCUT2D eigenvalue weighted by Crippen LogP contribution is 2.34. The van der Waals surface area contributed by atoms with Gasteiger partial charge in [-0.05, 0) is 32.9 Å². The summed E-state index contributed by atoms with van der Waals surface area (Å²) in [6.45, 7) is 7.67. The SMILES string of the molecule is CCOCCCNCc1cc(Cl)cc(OC)c1OCC. The van der Waals surface area contributed by atoms with E-state index in [9.17, 15) is 0 Å². The molecule has 0 atom stereocenters. The molecular weight excluding hydrogens is 278 g/mol. The van der Waals surface area contributed by atoms with Crippen LogP contribution < -0.4 is 14.8 Å². The van der Waals surface area contributed by atoms with E-state index in [2.05, 4.69) is 5.32 Å². The van der Waals surface area contributed by atoms with E-state index in [1.54, 1.807) is 13.2 Å². The first-order chi connectivity index (χ1) is 9.72. The van der Waals surface area contributed by atoms with E-state index in [0.717, 1.165) is 37.5 Å². The second-order valence-corrected chi connectivity index (χ2v) is 4.69. The second-order valence-electron chi connectivity index (χ2n) is 4.26. The van der Waals surface area contributed by atoms with Crippen molar-refractivity contribution in [1.82, 2.24) is 5.32 Å². The molecule has 0 unspecified atom stereocenters. The first kappa shape index (κ1) is 17.1. The first-order valence-corrected chi connectivity index (χ1v) is 7.38. The molecule has 4 nitrogen and oxygen atoms in total. The standard InChI is InChI=1S/C15H24ClNO3/c1-4-19-8-6-7-17-11-12-9-13(16)10-14(18-3)15(12)20-5-2/h9-10,17H,4-8,11H2,1-3H3. The Morgan fingerprint density at radius 3 is 2.65 bits per heavy atom. The minimum Gasteiger partial charge on any atom is -0.493 e. The third-order valence-corrected chi connectivity index (χ3v) is 2.99. The lowest BCUT2D eigenvalue weighted by Gasteiger charge is -2.15. The van der Waals surface area contributed by atoms with E-state index in [1.807, 2.05) is 19.9 Å². The average molecular weight is 302 g/mol. The Morgan fingerprint density at radius 2 is 2.00 bits per heavy atom. The second kappa shape index (κ2) is 9.86. The predicted molar refractivity (Wildman–Crippen MR) is 82.0 cm³/mol. The molecule has 0 amide bonds. The Balaban J connectivity index is 2.60. The minimum absolute atomic E-state index is 0.593. The van der Waals surface area contributed by atoms with Crippen molar-refractivity contribution in [3.63, 3.8) is 0 Å². The lowest BCUT2D eigenvalue weighted by Crippen LogP contribution is -2.17. The molecule has 0 spiro atoms. The van der Waals surface area contributed by atoms with Gasteiger partial charge in [-0.1, -0.05) is 11.6 Å². The summed E-state index contributed by atoms with van der Waals surface area (Å²) in [6.07, 6.45) is 0.982. The summed E-state index contributed by atoms with van der Waals surface area (Å²) in [4.78, 5) is 0. The third-order valence-electron chi connectivity index (χ3n) is 2.77. The van der Waals surface area contributed by atoms with Crippen LogP contribution in [0.1, 0.15) is 25.8 Å². The molecule has 5 heteroatoms. The van der Waals surface area contributed by atoms with Crippen molar-refractivity contribution in [3.05, 3.63) is 22.7 Å². The van der Waals surface area contributed by atoms with Crippen LogP contribution in [0.2, 0.25) is 5.02 Å². The number of hydrogen-bond donors (Lipinski definition) is 1. The fourth-order valence-electron chi connectivity index (χ4n) is 1.88. The Hall–Kier alpha value is -0.970. The van der Waals surface area contributed by atoms with E-state index in [4.69, 9.17) is 25.8 Å².